The molecule has 1 aromatic carbocycles. The van der Waals surface area contributed by atoms with Gasteiger partial charge in [-0.05, 0) is 56.3 Å². The summed E-state index contributed by atoms with van der Waals surface area (Å²) in [6, 6.07) is 4.94. The summed E-state index contributed by atoms with van der Waals surface area (Å²) in [6.45, 7) is 4.16. The van der Waals surface area contributed by atoms with Crippen LogP contribution in [0, 0.1) is 17.7 Å². The molecule has 1 aliphatic carbocycles. The van der Waals surface area contributed by atoms with Gasteiger partial charge in [0, 0.05) is 10.6 Å². The monoisotopic (exact) mass is 255 g/mol. The number of hydrogen-bond donors (Lipinski definition) is 1. The first-order valence-corrected chi connectivity index (χ1v) is 6.73. The molecule has 94 valence electrons. The lowest BCUT2D eigenvalue weighted by Crippen LogP contribution is -2.36. The summed E-state index contributed by atoms with van der Waals surface area (Å²) in [5, 5.41) is 3.94. The van der Waals surface area contributed by atoms with Crippen molar-refractivity contribution < 1.29 is 4.39 Å². The zero-order valence-corrected chi connectivity index (χ0v) is 10.9. The van der Waals surface area contributed by atoms with Crippen molar-refractivity contribution in [3.63, 3.8) is 0 Å². The van der Waals surface area contributed by atoms with E-state index in [9.17, 15) is 4.39 Å². The molecule has 17 heavy (non-hydrogen) atoms. The van der Waals surface area contributed by atoms with Crippen molar-refractivity contribution in [1.82, 2.24) is 5.32 Å². The summed E-state index contributed by atoms with van der Waals surface area (Å²) < 4.78 is 13.7. The topological polar surface area (TPSA) is 12.0 Å². The molecule has 2 unspecified atom stereocenters. The predicted molar refractivity (Wildman–Crippen MR) is 69.9 cm³/mol. The fourth-order valence-corrected chi connectivity index (χ4v) is 2.73. The minimum atomic E-state index is -0.161. The van der Waals surface area contributed by atoms with Crippen LogP contribution in [0.1, 0.15) is 25.3 Å². The van der Waals surface area contributed by atoms with Gasteiger partial charge in [-0.15, -0.1) is 0 Å². The lowest BCUT2D eigenvalue weighted by Gasteiger charge is -2.37. The Balaban J connectivity index is 1.97. The van der Waals surface area contributed by atoms with Crippen LogP contribution in [0.4, 0.5) is 4.39 Å². The van der Waals surface area contributed by atoms with Gasteiger partial charge in [-0.25, -0.2) is 4.39 Å². The molecule has 0 radical (unpaired) electrons. The third kappa shape index (κ3) is 2.99. The van der Waals surface area contributed by atoms with E-state index in [0.717, 1.165) is 19.5 Å². The smallest absolute Gasteiger partial charge is 0.127 e. The van der Waals surface area contributed by atoms with Gasteiger partial charge in [-0.2, -0.15) is 0 Å². The summed E-state index contributed by atoms with van der Waals surface area (Å²) >= 11 is 6.05. The Bertz CT molecular complexity index is 360. The average molecular weight is 256 g/mol. The van der Waals surface area contributed by atoms with Crippen molar-refractivity contribution in [2.45, 2.75) is 26.2 Å². The van der Waals surface area contributed by atoms with Crippen molar-refractivity contribution in [3.05, 3.63) is 34.6 Å². The van der Waals surface area contributed by atoms with Gasteiger partial charge in [0.05, 0.1) is 0 Å². The van der Waals surface area contributed by atoms with E-state index < -0.39 is 0 Å². The van der Waals surface area contributed by atoms with Crippen LogP contribution in [0.3, 0.4) is 0 Å². The molecule has 0 aliphatic heterocycles. The summed E-state index contributed by atoms with van der Waals surface area (Å²) in [4.78, 5) is 0. The molecule has 0 amide bonds. The average Bonchev–Trinajstić information content (AvgIpc) is 2.27. The zero-order chi connectivity index (χ0) is 12.3. The quantitative estimate of drug-likeness (QED) is 0.847. The fraction of sp³-hybridized carbons (Fsp3) is 0.571. The highest BCUT2D eigenvalue weighted by molar-refractivity contribution is 6.31. The Hall–Kier alpha value is -0.600. The van der Waals surface area contributed by atoms with Crippen LogP contribution in [0.5, 0.6) is 0 Å². The molecule has 0 spiro atoms. The summed E-state index contributed by atoms with van der Waals surface area (Å²) in [5.74, 6) is 1.11. The van der Waals surface area contributed by atoms with Gasteiger partial charge >= 0.3 is 0 Å². The molecule has 0 saturated heterocycles. The van der Waals surface area contributed by atoms with E-state index in [0.29, 0.717) is 22.4 Å². The molecule has 2 atom stereocenters. The first-order chi connectivity index (χ1) is 8.22. The Labute approximate surface area is 107 Å². The number of rotatable bonds is 5. The van der Waals surface area contributed by atoms with E-state index in [1.54, 1.807) is 12.1 Å². The molecule has 1 nitrogen and oxygen atoms in total. The van der Waals surface area contributed by atoms with Crippen LogP contribution in [-0.2, 0) is 6.42 Å². The molecule has 1 fully saturated rings. The van der Waals surface area contributed by atoms with Crippen molar-refractivity contribution in [2.24, 2.45) is 11.8 Å². The van der Waals surface area contributed by atoms with E-state index in [1.165, 1.54) is 18.9 Å². The molecule has 1 saturated carbocycles. The maximum absolute atomic E-state index is 13.7. The second kappa shape index (κ2) is 5.83. The number of benzene rings is 1. The molecule has 3 heteroatoms. The zero-order valence-electron chi connectivity index (χ0n) is 10.2. The van der Waals surface area contributed by atoms with Gasteiger partial charge in [0.15, 0.2) is 0 Å². The number of hydrogen-bond acceptors (Lipinski definition) is 1. The van der Waals surface area contributed by atoms with E-state index in [1.807, 2.05) is 0 Å². The van der Waals surface area contributed by atoms with E-state index in [4.69, 9.17) is 11.6 Å². The Morgan fingerprint density at radius 1 is 1.35 bits per heavy atom. The van der Waals surface area contributed by atoms with Crippen molar-refractivity contribution >= 4 is 11.6 Å². The third-order valence-electron chi connectivity index (χ3n) is 3.76. The van der Waals surface area contributed by atoms with E-state index in [2.05, 4.69) is 12.2 Å². The molecule has 1 N–H and O–H groups in total. The molecule has 2 rings (SSSR count). The minimum absolute atomic E-state index is 0.161. The largest absolute Gasteiger partial charge is 0.317 e. The predicted octanol–water partition coefficient (Wildman–Crippen LogP) is 3.66. The second-order valence-electron chi connectivity index (χ2n) is 4.81. The maximum atomic E-state index is 13.7. The minimum Gasteiger partial charge on any atom is -0.317 e. The standard InChI is InChI=1S/C14H19ClFN/c1-2-17-9-11-7-6-10(11)8-12-13(15)4-3-5-14(12)16/h3-5,10-11,17H,2,6-9H2,1H3. The highest BCUT2D eigenvalue weighted by Gasteiger charge is 2.31. The molecule has 0 bridgehead atoms. The van der Waals surface area contributed by atoms with Gasteiger partial charge in [0.2, 0.25) is 0 Å². The maximum Gasteiger partial charge on any atom is 0.127 e. The highest BCUT2D eigenvalue weighted by Crippen LogP contribution is 2.38. The SMILES string of the molecule is CCNCC1CCC1Cc1c(F)cccc1Cl. The van der Waals surface area contributed by atoms with Crippen LogP contribution in [0.15, 0.2) is 18.2 Å². The van der Waals surface area contributed by atoms with Crippen LogP contribution >= 0.6 is 11.6 Å². The van der Waals surface area contributed by atoms with E-state index in [-0.39, 0.29) is 5.82 Å². The second-order valence-corrected chi connectivity index (χ2v) is 5.22. The fourth-order valence-electron chi connectivity index (χ4n) is 2.49. The number of halogens is 2. The summed E-state index contributed by atoms with van der Waals surface area (Å²) in [7, 11) is 0. The number of nitrogens with one attached hydrogen (secondary N) is 1. The highest BCUT2D eigenvalue weighted by atomic mass is 35.5. The summed E-state index contributed by atoms with van der Waals surface area (Å²) in [5.41, 5.74) is 0.695. The third-order valence-corrected chi connectivity index (χ3v) is 4.11. The molecule has 1 aromatic rings. The molecular formula is C14H19ClFN. The van der Waals surface area contributed by atoms with Crippen molar-refractivity contribution in [3.8, 4) is 0 Å². The molecule has 1 aliphatic rings. The molecule has 0 aromatic heterocycles. The van der Waals surface area contributed by atoms with Crippen molar-refractivity contribution in [2.75, 3.05) is 13.1 Å². The van der Waals surface area contributed by atoms with Gasteiger partial charge in [0.1, 0.15) is 5.82 Å². The van der Waals surface area contributed by atoms with Crippen LogP contribution in [-0.4, -0.2) is 13.1 Å². The normalized spacial score (nSPS) is 23.5. The summed E-state index contributed by atoms with van der Waals surface area (Å²) in [6.07, 6.45) is 3.23. The van der Waals surface area contributed by atoms with Crippen LogP contribution in [0.25, 0.3) is 0 Å². The van der Waals surface area contributed by atoms with Crippen LogP contribution < -0.4 is 5.32 Å². The Morgan fingerprint density at radius 3 is 2.71 bits per heavy atom. The molecule has 0 heterocycles. The van der Waals surface area contributed by atoms with Gasteiger partial charge in [-0.1, -0.05) is 24.6 Å². The Kier molecular flexibility index (Phi) is 4.41. The lowest BCUT2D eigenvalue weighted by molar-refractivity contribution is 0.170. The van der Waals surface area contributed by atoms with Gasteiger partial charge < -0.3 is 5.32 Å². The lowest BCUT2D eigenvalue weighted by atomic mass is 9.70. The first kappa shape index (κ1) is 12.8. The van der Waals surface area contributed by atoms with E-state index >= 15 is 0 Å². The molecular weight excluding hydrogens is 237 g/mol. The first-order valence-electron chi connectivity index (χ1n) is 6.36. The van der Waals surface area contributed by atoms with Crippen molar-refractivity contribution in [1.29, 1.82) is 0 Å². The Morgan fingerprint density at radius 2 is 2.12 bits per heavy atom. The van der Waals surface area contributed by atoms with Gasteiger partial charge in [-0.3, -0.25) is 0 Å². The van der Waals surface area contributed by atoms with Crippen LogP contribution in [0.2, 0.25) is 5.02 Å². The van der Waals surface area contributed by atoms with Gasteiger partial charge in [0.25, 0.3) is 0 Å².